The van der Waals surface area contributed by atoms with E-state index >= 15 is 0 Å². The van der Waals surface area contributed by atoms with Gasteiger partial charge in [-0.05, 0) is 56.7 Å². The molecule has 1 saturated heterocycles. The van der Waals surface area contributed by atoms with Gasteiger partial charge in [-0.1, -0.05) is 25.0 Å². The Kier molecular flexibility index (Phi) is 6.72. The van der Waals surface area contributed by atoms with Gasteiger partial charge in [0.25, 0.3) is 5.91 Å². The fourth-order valence-corrected chi connectivity index (χ4v) is 4.76. The average Bonchev–Trinajstić information content (AvgIpc) is 2.95. The molecule has 30 heavy (non-hydrogen) atoms. The van der Waals surface area contributed by atoms with E-state index in [1.165, 1.54) is 29.7 Å². The zero-order valence-corrected chi connectivity index (χ0v) is 18.3. The maximum Gasteiger partial charge on any atom is 0.274 e. The van der Waals surface area contributed by atoms with Crippen molar-refractivity contribution < 1.29 is 9.53 Å². The Morgan fingerprint density at radius 1 is 1.23 bits per heavy atom. The number of fused-ring (bicyclic) bond motifs is 1. The second-order valence-corrected chi connectivity index (χ2v) is 8.47. The highest BCUT2D eigenvalue weighted by Crippen LogP contribution is 2.27. The van der Waals surface area contributed by atoms with Gasteiger partial charge in [-0.15, -0.1) is 0 Å². The first kappa shape index (κ1) is 20.9. The molecule has 0 saturated carbocycles. The first-order valence-corrected chi connectivity index (χ1v) is 11.4. The van der Waals surface area contributed by atoms with E-state index in [1.54, 1.807) is 7.11 Å². The molecule has 1 amide bonds. The van der Waals surface area contributed by atoms with E-state index in [9.17, 15) is 4.79 Å². The zero-order valence-electron chi connectivity index (χ0n) is 18.3. The van der Waals surface area contributed by atoms with E-state index < -0.39 is 0 Å². The Morgan fingerprint density at radius 2 is 2.03 bits per heavy atom. The number of hydrogen-bond donors (Lipinski definition) is 1. The second-order valence-electron chi connectivity index (χ2n) is 8.47. The highest BCUT2D eigenvalue weighted by molar-refractivity contribution is 5.94. The smallest absolute Gasteiger partial charge is 0.274 e. The lowest BCUT2D eigenvalue weighted by molar-refractivity contribution is 0.0753. The summed E-state index contributed by atoms with van der Waals surface area (Å²) in [5.41, 5.74) is 4.34. The van der Waals surface area contributed by atoms with Crippen molar-refractivity contribution in [3.63, 3.8) is 0 Å². The van der Waals surface area contributed by atoms with Crippen LogP contribution in [0.25, 0.3) is 0 Å². The maximum absolute atomic E-state index is 13.3. The van der Waals surface area contributed by atoms with Gasteiger partial charge >= 0.3 is 0 Å². The standard InChI is InChI=1S/C24H34N4O2/c1-3-28-22-12-11-19(25-17-18-9-8-10-20(15-18)30-2)16-21(22)23(26-28)24(29)27-13-6-4-5-7-14-27/h8-10,15,19,25H,3-7,11-14,16-17H2,1-2H3/t19-/m0/s1. The molecule has 1 fully saturated rings. The molecule has 0 unspecified atom stereocenters. The van der Waals surface area contributed by atoms with Crippen molar-refractivity contribution in [2.24, 2.45) is 0 Å². The van der Waals surface area contributed by atoms with Crippen LogP contribution in [0.3, 0.4) is 0 Å². The summed E-state index contributed by atoms with van der Waals surface area (Å²) in [4.78, 5) is 15.4. The van der Waals surface area contributed by atoms with Crippen LogP contribution in [-0.2, 0) is 25.9 Å². The van der Waals surface area contributed by atoms with Crippen LogP contribution in [0, 0.1) is 0 Å². The van der Waals surface area contributed by atoms with Crippen molar-refractivity contribution in [3.05, 3.63) is 46.8 Å². The topological polar surface area (TPSA) is 59.4 Å². The predicted molar refractivity (Wildman–Crippen MR) is 118 cm³/mol. The number of nitrogens with one attached hydrogen (secondary N) is 1. The average molecular weight is 411 g/mol. The van der Waals surface area contributed by atoms with Crippen LogP contribution >= 0.6 is 0 Å². The van der Waals surface area contributed by atoms with Crippen molar-refractivity contribution in [3.8, 4) is 5.75 Å². The van der Waals surface area contributed by atoms with Crippen LogP contribution in [0.5, 0.6) is 5.75 Å². The van der Waals surface area contributed by atoms with Gasteiger partial charge in [0.15, 0.2) is 5.69 Å². The molecule has 4 rings (SSSR count). The van der Waals surface area contributed by atoms with Crippen molar-refractivity contribution in [1.82, 2.24) is 20.0 Å². The molecule has 1 atom stereocenters. The summed E-state index contributed by atoms with van der Waals surface area (Å²) in [6.07, 6.45) is 7.57. The first-order chi connectivity index (χ1) is 14.7. The van der Waals surface area contributed by atoms with E-state index in [0.29, 0.717) is 11.7 Å². The molecule has 2 heterocycles. The van der Waals surface area contributed by atoms with Crippen LogP contribution in [-0.4, -0.2) is 46.8 Å². The maximum atomic E-state index is 13.3. The third kappa shape index (κ3) is 4.53. The van der Waals surface area contributed by atoms with Crippen molar-refractivity contribution in [2.45, 2.75) is 71.0 Å². The number of methoxy groups -OCH3 is 1. The Bertz CT molecular complexity index is 868. The number of aromatic nitrogens is 2. The molecular weight excluding hydrogens is 376 g/mol. The SMILES string of the molecule is CCn1nc(C(=O)N2CCCCCC2)c2c1CC[C@H](NCc1cccc(OC)c1)C2. The van der Waals surface area contributed by atoms with Gasteiger partial charge < -0.3 is 15.0 Å². The van der Waals surface area contributed by atoms with Crippen LogP contribution < -0.4 is 10.1 Å². The normalized spacial score (nSPS) is 19.3. The number of ether oxygens (including phenoxy) is 1. The summed E-state index contributed by atoms with van der Waals surface area (Å²) < 4.78 is 7.39. The van der Waals surface area contributed by atoms with Crippen LogP contribution in [0.1, 0.15) is 66.3 Å². The minimum absolute atomic E-state index is 0.133. The van der Waals surface area contributed by atoms with Gasteiger partial charge in [-0.25, -0.2) is 0 Å². The molecule has 162 valence electrons. The Morgan fingerprint density at radius 3 is 2.77 bits per heavy atom. The highest BCUT2D eigenvalue weighted by atomic mass is 16.5. The lowest BCUT2D eigenvalue weighted by atomic mass is 9.91. The largest absolute Gasteiger partial charge is 0.497 e. The van der Waals surface area contributed by atoms with Gasteiger partial charge in [-0.2, -0.15) is 5.10 Å². The minimum Gasteiger partial charge on any atom is -0.497 e. The van der Waals surface area contributed by atoms with Crippen molar-refractivity contribution in [1.29, 1.82) is 0 Å². The third-order valence-corrected chi connectivity index (χ3v) is 6.47. The molecule has 6 heteroatoms. The monoisotopic (exact) mass is 410 g/mol. The van der Waals surface area contributed by atoms with E-state index in [1.807, 2.05) is 17.0 Å². The number of amides is 1. The number of likely N-dealkylation sites (tertiary alicyclic amines) is 1. The van der Waals surface area contributed by atoms with Crippen molar-refractivity contribution in [2.75, 3.05) is 20.2 Å². The Labute approximate surface area is 179 Å². The molecule has 1 aromatic heterocycles. The molecule has 1 aliphatic heterocycles. The molecule has 6 nitrogen and oxygen atoms in total. The summed E-state index contributed by atoms with van der Waals surface area (Å²) in [6, 6.07) is 8.54. The lowest BCUT2D eigenvalue weighted by Crippen LogP contribution is -2.36. The first-order valence-electron chi connectivity index (χ1n) is 11.4. The predicted octanol–water partition coefficient (Wildman–Crippen LogP) is 3.57. The van der Waals surface area contributed by atoms with Gasteiger partial charge in [0.05, 0.1) is 7.11 Å². The van der Waals surface area contributed by atoms with Gasteiger partial charge in [-0.3, -0.25) is 9.48 Å². The zero-order chi connectivity index (χ0) is 20.9. The Hall–Kier alpha value is -2.34. The summed E-state index contributed by atoms with van der Waals surface area (Å²) in [5.74, 6) is 1.02. The molecule has 2 aromatic rings. The number of hydrogen-bond acceptors (Lipinski definition) is 4. The molecule has 1 N–H and O–H groups in total. The van der Waals surface area contributed by atoms with Crippen LogP contribution in [0.4, 0.5) is 0 Å². The van der Waals surface area contributed by atoms with Crippen molar-refractivity contribution >= 4 is 5.91 Å². The number of rotatable bonds is 6. The summed E-state index contributed by atoms with van der Waals surface area (Å²) in [6.45, 7) is 5.46. The van der Waals surface area contributed by atoms with E-state index in [0.717, 1.165) is 64.0 Å². The lowest BCUT2D eigenvalue weighted by Gasteiger charge is -2.25. The van der Waals surface area contributed by atoms with Gasteiger partial charge in [0.1, 0.15) is 5.75 Å². The van der Waals surface area contributed by atoms with Crippen LogP contribution in [0.2, 0.25) is 0 Å². The van der Waals surface area contributed by atoms with E-state index in [-0.39, 0.29) is 5.91 Å². The Balaban J connectivity index is 1.48. The number of aryl methyl sites for hydroxylation is 1. The minimum atomic E-state index is 0.133. The summed E-state index contributed by atoms with van der Waals surface area (Å²) >= 11 is 0. The molecule has 0 bridgehead atoms. The molecular formula is C24H34N4O2. The van der Waals surface area contributed by atoms with E-state index in [2.05, 4.69) is 29.1 Å². The number of nitrogens with zero attached hydrogens (tertiary/aromatic N) is 3. The molecule has 2 aliphatic rings. The third-order valence-electron chi connectivity index (χ3n) is 6.47. The number of benzene rings is 1. The number of carbonyl (C=O) groups excluding carboxylic acids is 1. The summed E-state index contributed by atoms with van der Waals surface area (Å²) in [7, 11) is 1.70. The van der Waals surface area contributed by atoms with Crippen LogP contribution in [0.15, 0.2) is 24.3 Å². The quantitative estimate of drug-likeness (QED) is 0.791. The second kappa shape index (κ2) is 9.65. The molecule has 0 spiro atoms. The highest BCUT2D eigenvalue weighted by Gasteiger charge is 2.31. The van der Waals surface area contributed by atoms with Gasteiger partial charge in [0.2, 0.25) is 0 Å². The van der Waals surface area contributed by atoms with E-state index in [4.69, 9.17) is 9.84 Å². The molecule has 0 radical (unpaired) electrons. The fourth-order valence-electron chi connectivity index (χ4n) is 4.76. The summed E-state index contributed by atoms with van der Waals surface area (Å²) in [5, 5.41) is 8.47. The fraction of sp³-hybridized carbons (Fsp3) is 0.583. The molecule has 1 aromatic carbocycles. The number of carbonyl (C=O) groups is 1. The van der Waals surface area contributed by atoms with Gasteiger partial charge in [0, 0.05) is 43.5 Å². The molecule has 1 aliphatic carbocycles.